The summed E-state index contributed by atoms with van der Waals surface area (Å²) in [5.41, 5.74) is 3.34. The molecular weight excluding hydrogens is 310 g/mol. The molecule has 0 aliphatic rings. The summed E-state index contributed by atoms with van der Waals surface area (Å²) in [6.07, 6.45) is 1.80. The van der Waals surface area contributed by atoms with E-state index in [1.54, 1.807) is 13.3 Å². The molecule has 2 aromatic carbocycles. The van der Waals surface area contributed by atoms with E-state index in [0.717, 1.165) is 22.4 Å². The van der Waals surface area contributed by atoms with Gasteiger partial charge in [-0.25, -0.2) is 0 Å². The van der Waals surface area contributed by atoms with Gasteiger partial charge in [0.05, 0.1) is 7.11 Å². The van der Waals surface area contributed by atoms with Crippen molar-refractivity contribution in [2.24, 2.45) is 0 Å². The van der Waals surface area contributed by atoms with Gasteiger partial charge in [-0.3, -0.25) is 0 Å². The molecule has 0 spiro atoms. The molecule has 0 aliphatic carbocycles. The average molecular weight is 325 g/mol. The van der Waals surface area contributed by atoms with Crippen LogP contribution in [0.4, 0.5) is 0 Å². The topological polar surface area (TPSA) is 94.2 Å². The van der Waals surface area contributed by atoms with Crippen LogP contribution in [0.3, 0.4) is 0 Å². The lowest BCUT2D eigenvalue weighted by Crippen LogP contribution is -1.95. The van der Waals surface area contributed by atoms with E-state index in [9.17, 15) is 0 Å². The first-order valence-electron chi connectivity index (χ1n) is 6.98. The minimum Gasteiger partial charge on any atom is -0.497 e. The third-order valence-corrected chi connectivity index (χ3v) is 3.14. The number of aromatic nitrogens is 3. The molecule has 24 heavy (non-hydrogen) atoms. The fourth-order valence-electron chi connectivity index (χ4n) is 2.01. The standard InChI is InChI=1S/C16H15N3O2.CO2/c1-20-15-4-2-3-14(9-15)13-7-5-12(6-8-13)11-21-16-10-17-19-18-16;2-1-3/h2-10H,11H2,1H3,(H,17,18,19);. The fraction of sp³-hybridized carbons (Fsp3) is 0.118. The summed E-state index contributed by atoms with van der Waals surface area (Å²) in [5, 5.41) is 10.0. The maximum absolute atomic E-state index is 8.12. The highest BCUT2D eigenvalue weighted by Gasteiger charge is 2.01. The largest absolute Gasteiger partial charge is 0.497 e. The summed E-state index contributed by atoms with van der Waals surface area (Å²) >= 11 is 0. The molecule has 1 heterocycles. The van der Waals surface area contributed by atoms with Gasteiger partial charge in [-0.2, -0.15) is 19.9 Å². The Bertz CT molecular complexity index is 780. The Balaban J connectivity index is 0.000000647. The molecule has 0 atom stereocenters. The van der Waals surface area contributed by atoms with Crippen LogP contribution < -0.4 is 9.47 Å². The van der Waals surface area contributed by atoms with E-state index in [1.807, 2.05) is 30.3 Å². The zero-order valence-electron chi connectivity index (χ0n) is 12.9. The van der Waals surface area contributed by atoms with E-state index < -0.39 is 0 Å². The first kappa shape index (κ1) is 16.9. The summed E-state index contributed by atoms with van der Waals surface area (Å²) < 4.78 is 10.7. The molecule has 0 unspecified atom stereocenters. The summed E-state index contributed by atoms with van der Waals surface area (Å²) in [6.45, 7) is 0.463. The van der Waals surface area contributed by atoms with E-state index >= 15 is 0 Å². The van der Waals surface area contributed by atoms with Crippen LogP contribution >= 0.6 is 0 Å². The predicted octanol–water partition coefficient (Wildman–Crippen LogP) is 2.48. The molecule has 0 fully saturated rings. The van der Waals surface area contributed by atoms with Crippen molar-refractivity contribution in [3.63, 3.8) is 0 Å². The predicted molar refractivity (Wildman–Crippen MR) is 84.2 cm³/mol. The van der Waals surface area contributed by atoms with Crippen molar-refractivity contribution in [2.45, 2.75) is 6.61 Å². The quantitative estimate of drug-likeness (QED) is 0.774. The lowest BCUT2D eigenvalue weighted by molar-refractivity contribution is -0.191. The van der Waals surface area contributed by atoms with Crippen molar-refractivity contribution in [3.05, 3.63) is 60.3 Å². The Morgan fingerprint density at radius 3 is 2.46 bits per heavy atom. The number of carbonyl (C=O) groups excluding carboxylic acids is 2. The number of aromatic amines is 1. The molecule has 0 radical (unpaired) electrons. The second-order valence-corrected chi connectivity index (χ2v) is 4.61. The summed E-state index contributed by atoms with van der Waals surface area (Å²) in [7, 11) is 1.67. The third-order valence-electron chi connectivity index (χ3n) is 3.14. The monoisotopic (exact) mass is 325 g/mol. The van der Waals surface area contributed by atoms with E-state index in [-0.39, 0.29) is 6.15 Å². The normalized spacial score (nSPS) is 9.38. The average Bonchev–Trinajstić information content (AvgIpc) is 3.15. The van der Waals surface area contributed by atoms with E-state index in [1.165, 1.54) is 0 Å². The van der Waals surface area contributed by atoms with Crippen molar-refractivity contribution in [2.75, 3.05) is 7.11 Å². The molecule has 122 valence electrons. The molecule has 1 N–H and O–H groups in total. The van der Waals surface area contributed by atoms with E-state index in [2.05, 4.69) is 33.6 Å². The highest BCUT2D eigenvalue weighted by molar-refractivity contribution is 5.65. The van der Waals surface area contributed by atoms with Crippen LogP contribution in [-0.4, -0.2) is 28.7 Å². The first-order chi connectivity index (χ1) is 11.8. The van der Waals surface area contributed by atoms with Gasteiger partial charge in [0.25, 0.3) is 5.88 Å². The van der Waals surface area contributed by atoms with Crippen LogP contribution in [0.5, 0.6) is 11.6 Å². The van der Waals surface area contributed by atoms with Crippen LogP contribution in [0.15, 0.2) is 54.7 Å². The maximum Gasteiger partial charge on any atom is 0.373 e. The van der Waals surface area contributed by atoms with Gasteiger partial charge in [0.15, 0.2) is 0 Å². The molecule has 0 saturated carbocycles. The molecule has 3 rings (SSSR count). The van der Waals surface area contributed by atoms with Gasteiger partial charge in [-0.05, 0) is 28.8 Å². The Morgan fingerprint density at radius 1 is 1.08 bits per heavy atom. The lowest BCUT2D eigenvalue weighted by Gasteiger charge is -2.06. The van der Waals surface area contributed by atoms with Crippen LogP contribution in [0.25, 0.3) is 11.1 Å². The van der Waals surface area contributed by atoms with Gasteiger partial charge < -0.3 is 9.47 Å². The Labute approximate surface area is 138 Å². The molecule has 3 aromatic rings. The zero-order chi connectivity index (χ0) is 17.2. The van der Waals surface area contributed by atoms with Crippen molar-refractivity contribution < 1.29 is 19.1 Å². The van der Waals surface area contributed by atoms with Gasteiger partial charge in [-0.15, -0.1) is 5.10 Å². The van der Waals surface area contributed by atoms with Crippen LogP contribution in [0.2, 0.25) is 0 Å². The number of H-pyrrole nitrogens is 1. The SMILES string of the molecule is COc1cccc(-c2ccc(COc3cn[nH]n3)cc2)c1.O=C=O. The van der Waals surface area contributed by atoms with Crippen molar-refractivity contribution >= 4 is 6.15 Å². The molecule has 7 nitrogen and oxygen atoms in total. The highest BCUT2D eigenvalue weighted by atomic mass is 16.5. The number of nitrogens with zero attached hydrogens (tertiary/aromatic N) is 2. The first-order valence-corrected chi connectivity index (χ1v) is 6.98. The van der Waals surface area contributed by atoms with Crippen LogP contribution in [-0.2, 0) is 16.2 Å². The molecule has 0 bridgehead atoms. The summed E-state index contributed by atoms with van der Waals surface area (Å²) in [4.78, 5) is 16.2. The number of methoxy groups -OCH3 is 1. The molecule has 0 aliphatic heterocycles. The van der Waals surface area contributed by atoms with Crippen molar-refractivity contribution in [1.82, 2.24) is 15.4 Å². The summed E-state index contributed by atoms with van der Waals surface area (Å²) in [5.74, 6) is 1.35. The number of rotatable bonds is 5. The van der Waals surface area contributed by atoms with Gasteiger partial charge in [0.2, 0.25) is 0 Å². The molecule has 0 saturated heterocycles. The second-order valence-electron chi connectivity index (χ2n) is 4.61. The van der Waals surface area contributed by atoms with E-state index in [0.29, 0.717) is 12.5 Å². The minimum atomic E-state index is 0.250. The third kappa shape index (κ3) is 4.79. The van der Waals surface area contributed by atoms with E-state index in [4.69, 9.17) is 19.1 Å². The molecule has 7 heteroatoms. The number of ether oxygens (including phenoxy) is 2. The molecular formula is C17H15N3O4. The Morgan fingerprint density at radius 2 is 1.83 bits per heavy atom. The molecule has 0 amide bonds. The lowest BCUT2D eigenvalue weighted by atomic mass is 10.0. The van der Waals surface area contributed by atoms with Gasteiger partial charge in [0, 0.05) is 0 Å². The number of benzene rings is 2. The van der Waals surface area contributed by atoms with Crippen molar-refractivity contribution in [1.29, 1.82) is 0 Å². The van der Waals surface area contributed by atoms with Gasteiger partial charge in [0.1, 0.15) is 18.6 Å². The smallest absolute Gasteiger partial charge is 0.373 e. The minimum absolute atomic E-state index is 0.250. The number of hydrogen-bond acceptors (Lipinski definition) is 6. The van der Waals surface area contributed by atoms with Crippen molar-refractivity contribution in [3.8, 4) is 22.8 Å². The van der Waals surface area contributed by atoms with Gasteiger partial charge in [-0.1, -0.05) is 36.4 Å². The molecule has 1 aromatic heterocycles. The second kappa shape index (κ2) is 8.87. The summed E-state index contributed by atoms with van der Waals surface area (Å²) in [6, 6.07) is 16.2. The maximum atomic E-state index is 8.12. The number of nitrogens with one attached hydrogen (secondary N) is 1. The highest BCUT2D eigenvalue weighted by Crippen LogP contribution is 2.24. The number of hydrogen-bond donors (Lipinski definition) is 1. The van der Waals surface area contributed by atoms with Gasteiger partial charge >= 0.3 is 6.15 Å². The van der Waals surface area contributed by atoms with Crippen LogP contribution in [0, 0.1) is 0 Å². The Hall–Kier alpha value is -3.44. The fourth-order valence-corrected chi connectivity index (χ4v) is 2.01. The van der Waals surface area contributed by atoms with Crippen LogP contribution in [0.1, 0.15) is 5.56 Å². The zero-order valence-corrected chi connectivity index (χ0v) is 12.9. The Kier molecular flexibility index (Phi) is 6.25.